The van der Waals surface area contributed by atoms with Crippen LogP contribution < -0.4 is 0 Å². The Labute approximate surface area is 173 Å². The third kappa shape index (κ3) is 4.98. The number of thioether (sulfide) groups is 2. The van der Waals surface area contributed by atoms with E-state index in [1.807, 2.05) is 42.7 Å². The molecule has 0 spiro atoms. The van der Waals surface area contributed by atoms with Crippen LogP contribution in [0.4, 0.5) is 5.69 Å². The SMILES string of the molecule is CSc1ccc(/C=C2/SC(=Nc3ccccc3Cl)N(CC(C)C)C2=O)cc1. The van der Waals surface area contributed by atoms with Gasteiger partial charge in [-0.2, -0.15) is 0 Å². The minimum absolute atomic E-state index is 0.00607. The van der Waals surface area contributed by atoms with Crippen molar-refractivity contribution < 1.29 is 4.79 Å². The van der Waals surface area contributed by atoms with E-state index in [0.29, 0.717) is 33.2 Å². The molecule has 0 N–H and O–H groups in total. The molecule has 1 saturated heterocycles. The lowest BCUT2D eigenvalue weighted by Crippen LogP contribution is -2.32. The van der Waals surface area contributed by atoms with Crippen LogP contribution in [0.2, 0.25) is 5.02 Å². The van der Waals surface area contributed by atoms with Crippen molar-refractivity contribution in [3.05, 3.63) is 64.0 Å². The molecule has 0 radical (unpaired) electrons. The molecule has 2 aromatic carbocycles. The lowest BCUT2D eigenvalue weighted by Gasteiger charge is -2.17. The predicted octanol–water partition coefficient (Wildman–Crippen LogP) is 6.32. The largest absolute Gasteiger partial charge is 0.286 e. The minimum atomic E-state index is -0.00607. The van der Waals surface area contributed by atoms with Crippen LogP contribution in [0.15, 0.2) is 63.3 Å². The van der Waals surface area contributed by atoms with Gasteiger partial charge in [0, 0.05) is 11.4 Å². The normalized spacial score (nSPS) is 17.5. The molecule has 1 heterocycles. The number of amides is 1. The van der Waals surface area contributed by atoms with Gasteiger partial charge in [-0.05, 0) is 59.8 Å². The third-order valence-corrected chi connectivity index (χ3v) is 5.99. The molecular weight excluding hydrogens is 396 g/mol. The van der Waals surface area contributed by atoms with Gasteiger partial charge in [0.1, 0.15) is 0 Å². The van der Waals surface area contributed by atoms with Gasteiger partial charge in [0.05, 0.1) is 15.6 Å². The Morgan fingerprint density at radius 3 is 2.52 bits per heavy atom. The van der Waals surface area contributed by atoms with Crippen molar-refractivity contribution in [2.45, 2.75) is 18.7 Å². The highest BCUT2D eigenvalue weighted by molar-refractivity contribution is 8.18. The highest BCUT2D eigenvalue weighted by Crippen LogP contribution is 2.36. The van der Waals surface area contributed by atoms with E-state index < -0.39 is 0 Å². The summed E-state index contributed by atoms with van der Waals surface area (Å²) < 4.78 is 0. The van der Waals surface area contributed by atoms with Crippen LogP contribution in [0.25, 0.3) is 6.08 Å². The van der Waals surface area contributed by atoms with E-state index in [1.165, 1.54) is 16.7 Å². The maximum absolute atomic E-state index is 13.0. The van der Waals surface area contributed by atoms with Crippen LogP contribution in [0.5, 0.6) is 0 Å². The van der Waals surface area contributed by atoms with Gasteiger partial charge in [0.2, 0.25) is 0 Å². The highest BCUT2D eigenvalue weighted by atomic mass is 35.5. The van der Waals surface area contributed by atoms with E-state index in [1.54, 1.807) is 22.7 Å². The first-order chi connectivity index (χ1) is 13.0. The average molecular weight is 417 g/mol. The van der Waals surface area contributed by atoms with E-state index in [2.05, 4.69) is 31.0 Å². The number of benzene rings is 2. The lowest BCUT2D eigenvalue weighted by molar-refractivity contribution is -0.122. The fourth-order valence-electron chi connectivity index (χ4n) is 2.61. The van der Waals surface area contributed by atoms with Gasteiger partial charge in [0.25, 0.3) is 5.91 Å². The number of amidine groups is 1. The zero-order valence-corrected chi connectivity index (χ0v) is 17.9. The molecule has 3 rings (SSSR count). The second kappa shape index (κ2) is 9.00. The van der Waals surface area contributed by atoms with Gasteiger partial charge in [-0.1, -0.05) is 49.7 Å². The van der Waals surface area contributed by atoms with E-state index in [-0.39, 0.29) is 5.91 Å². The molecular formula is C21H21ClN2OS2. The molecule has 0 aromatic heterocycles. The number of rotatable bonds is 5. The number of hydrogen-bond acceptors (Lipinski definition) is 4. The summed E-state index contributed by atoms with van der Waals surface area (Å²) in [4.78, 5) is 21.3. The Hall–Kier alpha value is -1.69. The second-order valence-electron chi connectivity index (χ2n) is 6.54. The smallest absolute Gasteiger partial charge is 0.266 e. The van der Waals surface area contributed by atoms with Crippen molar-refractivity contribution in [2.24, 2.45) is 10.9 Å². The molecule has 1 amide bonds. The van der Waals surface area contributed by atoms with Gasteiger partial charge >= 0.3 is 0 Å². The van der Waals surface area contributed by atoms with Crippen LogP contribution in [0.1, 0.15) is 19.4 Å². The van der Waals surface area contributed by atoms with Gasteiger partial charge in [-0.3, -0.25) is 9.69 Å². The third-order valence-electron chi connectivity index (χ3n) is 3.92. The molecule has 6 heteroatoms. The Morgan fingerprint density at radius 2 is 1.89 bits per heavy atom. The molecule has 1 aliphatic rings. The summed E-state index contributed by atoms with van der Waals surface area (Å²) in [6.45, 7) is 4.81. The highest BCUT2D eigenvalue weighted by Gasteiger charge is 2.33. The Bertz CT molecular complexity index is 891. The number of carbonyl (C=O) groups is 1. The summed E-state index contributed by atoms with van der Waals surface area (Å²) in [5, 5.41) is 1.25. The topological polar surface area (TPSA) is 32.7 Å². The van der Waals surface area contributed by atoms with Crippen LogP contribution in [0.3, 0.4) is 0 Å². The monoisotopic (exact) mass is 416 g/mol. The fraction of sp³-hybridized carbons (Fsp3) is 0.238. The first-order valence-electron chi connectivity index (χ1n) is 8.66. The zero-order chi connectivity index (χ0) is 19.4. The maximum Gasteiger partial charge on any atom is 0.266 e. The maximum atomic E-state index is 13.0. The van der Waals surface area contributed by atoms with Crippen LogP contribution in [-0.4, -0.2) is 28.8 Å². The molecule has 3 nitrogen and oxygen atoms in total. The molecule has 0 unspecified atom stereocenters. The summed E-state index contributed by atoms with van der Waals surface area (Å²) in [6, 6.07) is 15.6. The number of halogens is 1. The summed E-state index contributed by atoms with van der Waals surface area (Å²) in [5.74, 6) is 0.333. The number of carbonyl (C=O) groups excluding carboxylic acids is 1. The predicted molar refractivity (Wildman–Crippen MR) is 119 cm³/mol. The lowest BCUT2D eigenvalue weighted by atomic mass is 10.2. The molecule has 1 aliphatic heterocycles. The quantitative estimate of drug-likeness (QED) is 0.422. The van der Waals surface area contributed by atoms with Crippen LogP contribution in [0, 0.1) is 5.92 Å². The summed E-state index contributed by atoms with van der Waals surface area (Å²) in [6.07, 6.45) is 3.98. The van der Waals surface area contributed by atoms with Gasteiger partial charge < -0.3 is 0 Å². The average Bonchev–Trinajstić information content (AvgIpc) is 2.92. The molecule has 1 fully saturated rings. The van der Waals surface area contributed by atoms with Crippen molar-refractivity contribution in [1.29, 1.82) is 0 Å². The summed E-state index contributed by atoms with van der Waals surface area (Å²) >= 11 is 9.35. The molecule has 0 saturated carbocycles. The van der Waals surface area contributed by atoms with Crippen molar-refractivity contribution in [3.63, 3.8) is 0 Å². The minimum Gasteiger partial charge on any atom is -0.286 e. The van der Waals surface area contributed by atoms with E-state index in [0.717, 1.165) is 5.56 Å². The molecule has 140 valence electrons. The zero-order valence-electron chi connectivity index (χ0n) is 15.5. The first-order valence-corrected chi connectivity index (χ1v) is 11.1. The fourth-order valence-corrected chi connectivity index (χ4v) is 4.20. The molecule has 0 bridgehead atoms. The Morgan fingerprint density at radius 1 is 1.19 bits per heavy atom. The number of aliphatic imine (C=N–C) groups is 1. The van der Waals surface area contributed by atoms with Crippen LogP contribution in [-0.2, 0) is 4.79 Å². The van der Waals surface area contributed by atoms with Gasteiger partial charge in [-0.15, -0.1) is 11.8 Å². The molecule has 0 atom stereocenters. The van der Waals surface area contributed by atoms with E-state index in [9.17, 15) is 4.79 Å². The number of hydrogen-bond donors (Lipinski definition) is 0. The van der Waals surface area contributed by atoms with Crippen LogP contribution >= 0.6 is 35.1 Å². The van der Waals surface area contributed by atoms with Gasteiger partial charge in [0.15, 0.2) is 5.17 Å². The standard InChI is InChI=1S/C21H21ClN2OS2/c1-14(2)13-24-20(25)19(12-15-8-10-16(26-3)11-9-15)27-21(24)23-18-7-5-4-6-17(18)22/h4-12,14H,13H2,1-3H3/b19-12+,23-21?. The van der Waals surface area contributed by atoms with Crippen molar-refractivity contribution in [2.75, 3.05) is 12.8 Å². The van der Waals surface area contributed by atoms with E-state index in [4.69, 9.17) is 11.6 Å². The summed E-state index contributed by atoms with van der Waals surface area (Å²) in [7, 11) is 0. The van der Waals surface area contributed by atoms with Crippen molar-refractivity contribution in [3.8, 4) is 0 Å². The van der Waals surface area contributed by atoms with Crippen molar-refractivity contribution >= 4 is 58.0 Å². The Balaban J connectivity index is 1.94. The van der Waals surface area contributed by atoms with Gasteiger partial charge in [-0.25, -0.2) is 4.99 Å². The molecule has 0 aliphatic carbocycles. The second-order valence-corrected chi connectivity index (χ2v) is 8.84. The molecule has 27 heavy (non-hydrogen) atoms. The number of nitrogens with zero attached hydrogens (tertiary/aromatic N) is 2. The Kier molecular flexibility index (Phi) is 6.68. The van der Waals surface area contributed by atoms with Crippen molar-refractivity contribution in [1.82, 2.24) is 4.90 Å². The molecule has 2 aromatic rings. The first kappa shape index (κ1) is 20.1. The van der Waals surface area contributed by atoms with E-state index >= 15 is 0 Å². The number of para-hydroxylation sites is 1. The summed E-state index contributed by atoms with van der Waals surface area (Å²) in [5.41, 5.74) is 1.68.